The molecule has 30 heavy (non-hydrogen) atoms. The Balaban J connectivity index is 1.79. The number of fused-ring (bicyclic) bond motifs is 1. The van der Waals surface area contributed by atoms with Crippen molar-refractivity contribution in [1.29, 1.82) is 0 Å². The van der Waals surface area contributed by atoms with Crippen LogP contribution in [0.25, 0.3) is 11.0 Å². The average Bonchev–Trinajstić information content (AvgIpc) is 3.27. The molecule has 1 atom stereocenters. The standard InChI is InChI=1S/C23H23FN2O4/c1-14-8-9-16(12-19(14)24)26-23-18(22(27)25-13-17-6-4-10-29-17)11-15-5-3-7-20(28-2)21(15)30-23/h3,5,7-9,11-12,17H,4,6,10,13H2,1-2H3,(H,25,27). The highest BCUT2D eigenvalue weighted by Gasteiger charge is 2.19. The molecule has 2 aromatic carbocycles. The Hall–Kier alpha value is -3.19. The number of nitrogens with one attached hydrogen (secondary N) is 1. The smallest absolute Gasteiger partial charge is 0.256 e. The highest BCUT2D eigenvalue weighted by atomic mass is 19.1. The Kier molecular flexibility index (Phi) is 5.81. The molecule has 156 valence electrons. The minimum Gasteiger partial charge on any atom is -0.493 e. The molecule has 0 aliphatic carbocycles. The van der Waals surface area contributed by atoms with Crippen LogP contribution in [0.4, 0.5) is 10.1 Å². The van der Waals surface area contributed by atoms with Gasteiger partial charge >= 0.3 is 0 Å². The maximum absolute atomic E-state index is 14.0. The molecule has 1 unspecified atom stereocenters. The lowest BCUT2D eigenvalue weighted by atomic mass is 10.1. The monoisotopic (exact) mass is 410 g/mol. The van der Waals surface area contributed by atoms with Gasteiger partial charge in [0.05, 0.1) is 18.9 Å². The third kappa shape index (κ3) is 4.21. The SMILES string of the molecule is COc1cccc2cc(C(=O)NCC3CCCO3)c(=Nc3ccc(C)c(F)c3)oc12. The lowest BCUT2D eigenvalue weighted by Crippen LogP contribution is -2.34. The van der Waals surface area contributed by atoms with Crippen LogP contribution in [0.3, 0.4) is 0 Å². The highest BCUT2D eigenvalue weighted by Crippen LogP contribution is 2.25. The van der Waals surface area contributed by atoms with E-state index in [-0.39, 0.29) is 28.9 Å². The minimum absolute atomic E-state index is 0.0121. The lowest BCUT2D eigenvalue weighted by molar-refractivity contribution is 0.0854. The maximum atomic E-state index is 14.0. The predicted molar refractivity (Wildman–Crippen MR) is 110 cm³/mol. The Morgan fingerprint density at radius 2 is 2.17 bits per heavy atom. The summed E-state index contributed by atoms with van der Waals surface area (Å²) in [4.78, 5) is 17.4. The zero-order valence-corrected chi connectivity index (χ0v) is 16.9. The Morgan fingerprint density at radius 3 is 2.90 bits per heavy atom. The molecule has 2 heterocycles. The second kappa shape index (κ2) is 8.67. The number of aryl methyl sites for hydroxylation is 1. The van der Waals surface area contributed by atoms with Crippen LogP contribution < -0.4 is 15.6 Å². The number of carbonyl (C=O) groups is 1. The average molecular weight is 410 g/mol. The van der Waals surface area contributed by atoms with Crippen molar-refractivity contribution in [2.75, 3.05) is 20.3 Å². The van der Waals surface area contributed by atoms with Crippen LogP contribution in [-0.4, -0.2) is 32.3 Å². The molecule has 1 N–H and O–H groups in total. The second-order valence-corrected chi connectivity index (χ2v) is 7.23. The lowest BCUT2D eigenvalue weighted by Gasteiger charge is -2.12. The molecule has 3 aromatic rings. The largest absolute Gasteiger partial charge is 0.493 e. The Labute approximate surface area is 173 Å². The zero-order chi connectivity index (χ0) is 21.1. The molecule has 1 aromatic heterocycles. The summed E-state index contributed by atoms with van der Waals surface area (Å²) in [5.41, 5.74) is 1.67. The van der Waals surface area contributed by atoms with Gasteiger partial charge in [-0.15, -0.1) is 0 Å². The number of rotatable bonds is 5. The molecule has 1 saturated heterocycles. The molecule has 0 bridgehead atoms. The van der Waals surface area contributed by atoms with Crippen LogP contribution >= 0.6 is 0 Å². The topological polar surface area (TPSA) is 73.1 Å². The molecule has 1 aliphatic heterocycles. The van der Waals surface area contributed by atoms with Crippen LogP contribution in [0, 0.1) is 12.7 Å². The number of ether oxygens (including phenoxy) is 2. The van der Waals surface area contributed by atoms with Crippen molar-refractivity contribution < 1.29 is 23.1 Å². The molecule has 6 nitrogen and oxygen atoms in total. The van der Waals surface area contributed by atoms with Crippen LogP contribution in [0.5, 0.6) is 5.75 Å². The number of halogens is 1. The first-order chi connectivity index (χ1) is 14.5. The highest BCUT2D eigenvalue weighted by molar-refractivity contribution is 5.97. The van der Waals surface area contributed by atoms with E-state index in [0.29, 0.717) is 41.1 Å². The molecule has 0 radical (unpaired) electrons. The summed E-state index contributed by atoms with van der Waals surface area (Å²) in [6.07, 6.45) is 1.92. The van der Waals surface area contributed by atoms with Crippen LogP contribution in [0.1, 0.15) is 28.8 Å². The van der Waals surface area contributed by atoms with E-state index in [4.69, 9.17) is 13.9 Å². The van der Waals surface area contributed by atoms with E-state index in [1.165, 1.54) is 6.07 Å². The number of amides is 1. The number of nitrogens with zero attached hydrogens (tertiary/aromatic N) is 1. The zero-order valence-electron chi connectivity index (χ0n) is 16.9. The molecule has 7 heteroatoms. The molecule has 0 saturated carbocycles. The first-order valence-electron chi connectivity index (χ1n) is 9.86. The van der Waals surface area contributed by atoms with Crippen molar-refractivity contribution in [3.05, 3.63) is 65.0 Å². The summed E-state index contributed by atoms with van der Waals surface area (Å²) >= 11 is 0. The fourth-order valence-corrected chi connectivity index (χ4v) is 3.41. The maximum Gasteiger partial charge on any atom is 0.256 e. The third-order valence-corrected chi connectivity index (χ3v) is 5.10. The van der Waals surface area contributed by atoms with Crippen molar-refractivity contribution >= 4 is 22.6 Å². The van der Waals surface area contributed by atoms with Crippen LogP contribution in [0.2, 0.25) is 0 Å². The van der Waals surface area contributed by atoms with E-state index in [0.717, 1.165) is 12.8 Å². The number of hydrogen-bond donors (Lipinski definition) is 1. The van der Waals surface area contributed by atoms with Gasteiger partial charge in [-0.25, -0.2) is 9.38 Å². The summed E-state index contributed by atoms with van der Waals surface area (Å²) in [5, 5.41) is 3.59. The summed E-state index contributed by atoms with van der Waals surface area (Å²) in [7, 11) is 1.54. The van der Waals surface area contributed by atoms with E-state index >= 15 is 0 Å². The molecule has 1 aliphatic rings. The van der Waals surface area contributed by atoms with Gasteiger partial charge in [-0.2, -0.15) is 0 Å². The van der Waals surface area contributed by atoms with Crippen LogP contribution in [-0.2, 0) is 4.74 Å². The fourth-order valence-electron chi connectivity index (χ4n) is 3.41. The first kappa shape index (κ1) is 20.1. The van der Waals surface area contributed by atoms with Crippen molar-refractivity contribution in [1.82, 2.24) is 5.32 Å². The van der Waals surface area contributed by atoms with Gasteiger partial charge in [0.25, 0.3) is 5.91 Å². The number of methoxy groups -OCH3 is 1. The quantitative estimate of drug-likeness (QED) is 0.689. The van der Waals surface area contributed by atoms with Gasteiger partial charge in [-0.1, -0.05) is 18.2 Å². The Bertz CT molecular complexity index is 1150. The predicted octanol–water partition coefficient (Wildman–Crippen LogP) is 4.03. The molecule has 0 spiro atoms. The molecule has 4 rings (SSSR count). The fraction of sp³-hybridized carbons (Fsp3) is 0.304. The van der Waals surface area contributed by atoms with Crippen LogP contribution in [0.15, 0.2) is 51.9 Å². The molecule has 1 fully saturated rings. The van der Waals surface area contributed by atoms with E-state index in [1.807, 2.05) is 12.1 Å². The van der Waals surface area contributed by atoms with Crippen molar-refractivity contribution in [2.45, 2.75) is 25.9 Å². The van der Waals surface area contributed by atoms with E-state index < -0.39 is 0 Å². The van der Waals surface area contributed by atoms with Gasteiger partial charge in [0.2, 0.25) is 5.55 Å². The van der Waals surface area contributed by atoms with Gasteiger partial charge in [0, 0.05) is 18.5 Å². The Morgan fingerprint density at radius 1 is 1.30 bits per heavy atom. The minimum atomic E-state index is -0.376. The van der Waals surface area contributed by atoms with Gasteiger partial charge in [-0.05, 0) is 49.6 Å². The van der Waals surface area contributed by atoms with E-state index in [1.54, 1.807) is 38.3 Å². The van der Waals surface area contributed by atoms with E-state index in [2.05, 4.69) is 10.3 Å². The summed E-state index contributed by atoms with van der Waals surface area (Å²) in [6, 6.07) is 11.7. The van der Waals surface area contributed by atoms with Crippen molar-refractivity contribution in [3.63, 3.8) is 0 Å². The van der Waals surface area contributed by atoms with Gasteiger partial charge < -0.3 is 19.2 Å². The number of benzene rings is 2. The summed E-state index contributed by atoms with van der Waals surface area (Å²) < 4.78 is 30.9. The molecular weight excluding hydrogens is 387 g/mol. The molecule has 1 amide bonds. The van der Waals surface area contributed by atoms with Crippen molar-refractivity contribution in [2.24, 2.45) is 4.99 Å². The van der Waals surface area contributed by atoms with E-state index in [9.17, 15) is 9.18 Å². The van der Waals surface area contributed by atoms with Gasteiger partial charge in [0.15, 0.2) is 11.3 Å². The summed E-state index contributed by atoms with van der Waals surface area (Å²) in [5.74, 6) is -0.186. The second-order valence-electron chi connectivity index (χ2n) is 7.23. The van der Waals surface area contributed by atoms with Gasteiger partial charge in [-0.3, -0.25) is 4.79 Å². The normalized spacial score (nSPS) is 16.8. The van der Waals surface area contributed by atoms with Crippen molar-refractivity contribution in [3.8, 4) is 5.75 Å². The number of carbonyl (C=O) groups excluding carboxylic acids is 1. The number of hydrogen-bond acceptors (Lipinski definition) is 5. The third-order valence-electron chi connectivity index (χ3n) is 5.10. The van der Waals surface area contributed by atoms with Gasteiger partial charge in [0.1, 0.15) is 11.4 Å². The summed E-state index contributed by atoms with van der Waals surface area (Å²) in [6.45, 7) is 2.80. The molecular formula is C23H23FN2O4. The first-order valence-corrected chi connectivity index (χ1v) is 9.86. The number of para-hydroxylation sites is 1.